The first-order valence-electron chi connectivity index (χ1n) is 9.86. The smallest absolute Gasteiger partial charge is 0.273 e. The van der Waals surface area contributed by atoms with Crippen molar-refractivity contribution < 1.29 is 14.3 Å². The zero-order valence-electron chi connectivity index (χ0n) is 17.1. The predicted octanol–water partition coefficient (Wildman–Crippen LogP) is 2.91. The molecule has 0 radical (unpaired) electrons. The van der Waals surface area contributed by atoms with Gasteiger partial charge in [0, 0.05) is 12.5 Å². The van der Waals surface area contributed by atoms with Crippen molar-refractivity contribution in [2.24, 2.45) is 0 Å². The van der Waals surface area contributed by atoms with Crippen LogP contribution in [0, 0.1) is 0 Å². The molecule has 0 fully saturated rings. The van der Waals surface area contributed by atoms with Gasteiger partial charge in [-0.1, -0.05) is 25.5 Å². The molecule has 0 saturated heterocycles. The number of unbranched alkanes of at least 4 members (excludes halogenated alkanes) is 1. The zero-order chi connectivity index (χ0) is 21.5. The van der Waals surface area contributed by atoms with Crippen LogP contribution in [0.5, 0.6) is 11.5 Å². The molecule has 0 spiro atoms. The van der Waals surface area contributed by atoms with Crippen LogP contribution < -0.4 is 25.9 Å². The van der Waals surface area contributed by atoms with E-state index >= 15 is 0 Å². The number of methoxy groups -OCH3 is 1. The van der Waals surface area contributed by atoms with Crippen molar-refractivity contribution in [1.29, 1.82) is 0 Å². The number of fused-ring (bicyclic) bond motifs is 1. The van der Waals surface area contributed by atoms with Gasteiger partial charge in [-0.15, -0.1) is 0 Å². The number of hydrogen-bond donors (Lipinski definition) is 2. The summed E-state index contributed by atoms with van der Waals surface area (Å²) in [5.41, 5.74) is -0.220. The summed E-state index contributed by atoms with van der Waals surface area (Å²) >= 11 is 0. The molecule has 0 unspecified atom stereocenters. The summed E-state index contributed by atoms with van der Waals surface area (Å²) < 4.78 is 12.1. The van der Waals surface area contributed by atoms with Gasteiger partial charge in [0.2, 0.25) is 5.91 Å². The lowest BCUT2D eigenvalue weighted by Crippen LogP contribution is -2.31. The SMILES string of the molecule is CCCCOc1ccc(OC)cc1NC(=O)CCn1[nH]c(=O)c2ccccc2c1=O. The molecule has 8 nitrogen and oxygen atoms in total. The number of nitrogens with zero attached hydrogens (tertiary/aromatic N) is 1. The van der Waals surface area contributed by atoms with Crippen LogP contribution in [0.15, 0.2) is 52.1 Å². The zero-order valence-corrected chi connectivity index (χ0v) is 17.1. The Hall–Kier alpha value is -3.55. The van der Waals surface area contributed by atoms with Gasteiger partial charge in [-0.2, -0.15) is 0 Å². The number of aromatic nitrogens is 2. The standard InChI is InChI=1S/C22H25N3O5/c1-3-4-13-30-19-10-9-15(29-2)14-18(19)23-20(26)11-12-25-22(28)17-8-6-5-7-16(17)21(27)24-25/h5-10,14H,3-4,11-13H2,1-2H3,(H,23,26)(H,24,27). The molecule has 1 amide bonds. The first-order chi connectivity index (χ1) is 14.5. The molecule has 30 heavy (non-hydrogen) atoms. The monoisotopic (exact) mass is 411 g/mol. The molecule has 3 rings (SSSR count). The molecule has 0 saturated carbocycles. The maximum atomic E-state index is 12.6. The first-order valence-corrected chi connectivity index (χ1v) is 9.86. The van der Waals surface area contributed by atoms with Crippen LogP contribution in [0.3, 0.4) is 0 Å². The summed E-state index contributed by atoms with van der Waals surface area (Å²) in [6, 6.07) is 11.8. The van der Waals surface area contributed by atoms with E-state index in [9.17, 15) is 14.4 Å². The Bertz CT molecular complexity index is 1150. The number of amides is 1. The minimum Gasteiger partial charge on any atom is -0.497 e. The first kappa shape index (κ1) is 21.2. The van der Waals surface area contributed by atoms with Crippen molar-refractivity contribution in [3.8, 4) is 11.5 Å². The highest BCUT2D eigenvalue weighted by Crippen LogP contribution is 2.29. The Labute approximate surface area is 173 Å². The van der Waals surface area contributed by atoms with Crippen molar-refractivity contribution >= 4 is 22.4 Å². The lowest BCUT2D eigenvalue weighted by molar-refractivity contribution is -0.116. The number of anilines is 1. The van der Waals surface area contributed by atoms with Gasteiger partial charge in [0.1, 0.15) is 11.5 Å². The van der Waals surface area contributed by atoms with Crippen molar-refractivity contribution in [2.75, 3.05) is 19.0 Å². The number of benzene rings is 2. The fraction of sp³-hybridized carbons (Fsp3) is 0.318. The van der Waals surface area contributed by atoms with Gasteiger partial charge < -0.3 is 14.8 Å². The van der Waals surface area contributed by atoms with Crippen LogP contribution in [-0.4, -0.2) is 29.4 Å². The number of carbonyl (C=O) groups is 1. The van der Waals surface area contributed by atoms with E-state index in [0.29, 0.717) is 34.6 Å². The number of rotatable bonds is 9. The molecule has 0 aliphatic heterocycles. The average molecular weight is 411 g/mol. The fourth-order valence-corrected chi connectivity index (χ4v) is 3.02. The summed E-state index contributed by atoms with van der Waals surface area (Å²) in [6.07, 6.45) is 1.90. The molecule has 0 atom stereocenters. The van der Waals surface area contributed by atoms with Gasteiger partial charge in [-0.05, 0) is 30.7 Å². The number of hydrogen-bond acceptors (Lipinski definition) is 5. The minimum atomic E-state index is -0.370. The van der Waals surface area contributed by atoms with Crippen LogP contribution >= 0.6 is 0 Å². The fourth-order valence-electron chi connectivity index (χ4n) is 3.02. The van der Waals surface area contributed by atoms with Gasteiger partial charge in [-0.25, -0.2) is 4.68 Å². The highest BCUT2D eigenvalue weighted by molar-refractivity contribution is 5.92. The highest BCUT2D eigenvalue weighted by Gasteiger charge is 2.12. The highest BCUT2D eigenvalue weighted by atomic mass is 16.5. The molecule has 0 bridgehead atoms. The topological polar surface area (TPSA) is 102 Å². The molecule has 3 aromatic rings. The largest absolute Gasteiger partial charge is 0.497 e. The lowest BCUT2D eigenvalue weighted by Gasteiger charge is -2.14. The number of carbonyl (C=O) groups excluding carboxylic acids is 1. The molecule has 1 heterocycles. The third kappa shape index (κ3) is 4.89. The number of aromatic amines is 1. The minimum absolute atomic E-state index is 0.000202. The van der Waals surface area contributed by atoms with Crippen LogP contribution in [-0.2, 0) is 11.3 Å². The van der Waals surface area contributed by atoms with E-state index in [0.717, 1.165) is 17.5 Å². The molecule has 0 aliphatic carbocycles. The lowest BCUT2D eigenvalue weighted by atomic mass is 10.2. The Morgan fingerprint density at radius 1 is 1.13 bits per heavy atom. The summed E-state index contributed by atoms with van der Waals surface area (Å²) in [5, 5.41) is 5.98. The van der Waals surface area contributed by atoms with Gasteiger partial charge in [0.25, 0.3) is 11.1 Å². The number of nitrogens with one attached hydrogen (secondary N) is 2. The van der Waals surface area contributed by atoms with Crippen LogP contribution in [0.2, 0.25) is 0 Å². The Kier molecular flexibility index (Phi) is 6.90. The van der Waals surface area contributed by atoms with Gasteiger partial charge in [0.05, 0.1) is 36.7 Å². The molecule has 2 aromatic carbocycles. The van der Waals surface area contributed by atoms with E-state index < -0.39 is 0 Å². The molecule has 158 valence electrons. The molecule has 0 aliphatic rings. The number of aryl methyl sites for hydroxylation is 1. The third-order valence-corrected chi connectivity index (χ3v) is 4.66. The molecular weight excluding hydrogens is 386 g/mol. The van der Waals surface area contributed by atoms with E-state index in [1.807, 2.05) is 0 Å². The number of H-pyrrole nitrogens is 1. The van der Waals surface area contributed by atoms with Crippen molar-refractivity contribution in [3.05, 3.63) is 63.2 Å². The summed E-state index contributed by atoms with van der Waals surface area (Å²) in [4.78, 5) is 37.3. The van der Waals surface area contributed by atoms with E-state index in [-0.39, 0.29) is 30.0 Å². The van der Waals surface area contributed by atoms with E-state index in [1.54, 1.807) is 49.6 Å². The van der Waals surface area contributed by atoms with E-state index in [1.165, 1.54) is 0 Å². The second kappa shape index (κ2) is 9.78. The predicted molar refractivity (Wildman–Crippen MR) is 115 cm³/mol. The maximum absolute atomic E-state index is 12.6. The Morgan fingerprint density at radius 3 is 2.63 bits per heavy atom. The summed E-state index contributed by atoms with van der Waals surface area (Å²) in [6.45, 7) is 2.65. The Balaban J connectivity index is 1.73. The summed E-state index contributed by atoms with van der Waals surface area (Å²) in [5.74, 6) is 0.821. The van der Waals surface area contributed by atoms with Gasteiger partial charge in [0.15, 0.2) is 0 Å². The second-order valence-corrected chi connectivity index (χ2v) is 6.81. The van der Waals surface area contributed by atoms with Crippen molar-refractivity contribution in [3.63, 3.8) is 0 Å². The Morgan fingerprint density at radius 2 is 1.90 bits per heavy atom. The van der Waals surface area contributed by atoms with E-state index in [4.69, 9.17) is 9.47 Å². The molecule has 1 aromatic heterocycles. The average Bonchev–Trinajstić information content (AvgIpc) is 2.76. The second-order valence-electron chi connectivity index (χ2n) is 6.81. The third-order valence-electron chi connectivity index (χ3n) is 4.66. The quantitative estimate of drug-likeness (QED) is 0.527. The molecule has 8 heteroatoms. The van der Waals surface area contributed by atoms with Crippen LogP contribution in [0.25, 0.3) is 10.8 Å². The molecular formula is C22H25N3O5. The maximum Gasteiger partial charge on any atom is 0.273 e. The van der Waals surface area contributed by atoms with Crippen LogP contribution in [0.4, 0.5) is 5.69 Å². The van der Waals surface area contributed by atoms with Crippen LogP contribution in [0.1, 0.15) is 26.2 Å². The number of ether oxygens (including phenoxy) is 2. The van der Waals surface area contributed by atoms with Crippen molar-refractivity contribution in [2.45, 2.75) is 32.7 Å². The van der Waals surface area contributed by atoms with Gasteiger partial charge in [-0.3, -0.25) is 19.5 Å². The normalized spacial score (nSPS) is 10.7. The molecule has 2 N–H and O–H groups in total. The van der Waals surface area contributed by atoms with Gasteiger partial charge >= 0.3 is 0 Å². The van der Waals surface area contributed by atoms with Crippen molar-refractivity contribution in [1.82, 2.24) is 9.78 Å². The van der Waals surface area contributed by atoms with E-state index in [2.05, 4.69) is 17.3 Å². The summed E-state index contributed by atoms with van der Waals surface area (Å²) in [7, 11) is 1.54.